The lowest BCUT2D eigenvalue weighted by atomic mass is 10.2. The maximum atomic E-state index is 5.58. The van der Waals surface area contributed by atoms with Crippen LogP contribution in [0, 0.1) is 0 Å². The van der Waals surface area contributed by atoms with E-state index in [1.54, 1.807) is 12.2 Å². The van der Waals surface area contributed by atoms with E-state index in [1.807, 2.05) is 30.3 Å². The number of hydrogen-bond donors (Lipinski definition) is 0. The van der Waals surface area contributed by atoms with Crippen molar-refractivity contribution >= 4 is 16.7 Å². The minimum Gasteiger partial charge on any atom is -0.436 e. The first kappa shape index (κ1) is 9.46. The van der Waals surface area contributed by atoms with Crippen LogP contribution in [0.5, 0.6) is 0 Å². The van der Waals surface area contributed by atoms with Crippen LogP contribution in [0.1, 0.15) is 5.89 Å². The summed E-state index contributed by atoms with van der Waals surface area (Å²) in [6.45, 7) is 7.34. The van der Waals surface area contributed by atoms with Gasteiger partial charge in [-0.15, -0.1) is 0 Å². The molecule has 0 spiro atoms. The van der Waals surface area contributed by atoms with Crippen LogP contribution in [0.4, 0.5) is 0 Å². The lowest BCUT2D eigenvalue weighted by Gasteiger charge is -1.91. The van der Waals surface area contributed by atoms with Crippen molar-refractivity contribution in [1.29, 1.82) is 0 Å². The number of allylic oxidation sites excluding steroid dienone is 4. The van der Waals surface area contributed by atoms with E-state index in [-0.39, 0.29) is 0 Å². The molecule has 0 radical (unpaired) electrons. The van der Waals surface area contributed by atoms with E-state index in [4.69, 9.17) is 4.42 Å². The average molecular weight is 197 g/mol. The van der Waals surface area contributed by atoms with Crippen LogP contribution >= 0.6 is 0 Å². The van der Waals surface area contributed by atoms with Gasteiger partial charge in [-0.2, -0.15) is 0 Å². The van der Waals surface area contributed by atoms with Gasteiger partial charge >= 0.3 is 0 Å². The summed E-state index contributed by atoms with van der Waals surface area (Å²) >= 11 is 0. The monoisotopic (exact) mass is 197 g/mol. The molecule has 2 aromatic rings. The zero-order valence-corrected chi connectivity index (χ0v) is 8.31. The molecule has 0 bridgehead atoms. The fourth-order valence-corrected chi connectivity index (χ4v) is 1.35. The minimum atomic E-state index is 0.575. The Balaban J connectivity index is 2.57. The van der Waals surface area contributed by atoms with Crippen LogP contribution in [0.2, 0.25) is 0 Å². The summed E-state index contributed by atoms with van der Waals surface area (Å²) in [4.78, 5) is 4.35. The molecule has 0 saturated carbocycles. The summed E-state index contributed by atoms with van der Waals surface area (Å²) in [6.07, 6.45) is 5.20. The van der Waals surface area contributed by atoms with Gasteiger partial charge in [0.2, 0.25) is 5.89 Å². The number of benzene rings is 1. The summed E-state index contributed by atoms with van der Waals surface area (Å²) < 4.78 is 5.58. The molecular weight excluding hydrogens is 186 g/mol. The van der Waals surface area contributed by atoms with E-state index < -0.39 is 0 Å². The SMILES string of the molecule is C=C/C=C(\C=C)c1nc2ccccc2o1. The molecule has 1 aromatic heterocycles. The Bertz CT molecular complexity index is 501. The van der Waals surface area contributed by atoms with Crippen molar-refractivity contribution in [3.8, 4) is 0 Å². The molecule has 0 amide bonds. The van der Waals surface area contributed by atoms with Gasteiger partial charge in [0, 0.05) is 5.57 Å². The molecule has 0 N–H and O–H groups in total. The Hall–Kier alpha value is -2.09. The van der Waals surface area contributed by atoms with Crippen molar-refractivity contribution in [2.45, 2.75) is 0 Å². The molecule has 2 rings (SSSR count). The Kier molecular flexibility index (Phi) is 2.50. The number of oxazole rings is 1. The average Bonchev–Trinajstić information content (AvgIpc) is 2.69. The second-order valence-electron chi connectivity index (χ2n) is 3.05. The van der Waals surface area contributed by atoms with Gasteiger partial charge in [-0.05, 0) is 12.1 Å². The fourth-order valence-electron chi connectivity index (χ4n) is 1.35. The highest BCUT2D eigenvalue weighted by molar-refractivity contribution is 5.78. The van der Waals surface area contributed by atoms with Crippen molar-refractivity contribution in [2.75, 3.05) is 0 Å². The summed E-state index contributed by atoms with van der Waals surface area (Å²) in [5.74, 6) is 0.575. The molecule has 0 unspecified atom stereocenters. The van der Waals surface area contributed by atoms with Crippen LogP contribution in [0.15, 0.2) is 60.1 Å². The van der Waals surface area contributed by atoms with Crippen LogP contribution in [-0.4, -0.2) is 4.98 Å². The van der Waals surface area contributed by atoms with Gasteiger partial charge in [0.1, 0.15) is 5.52 Å². The number of rotatable bonds is 3. The number of nitrogens with zero attached hydrogens (tertiary/aromatic N) is 1. The van der Waals surface area contributed by atoms with Crippen LogP contribution in [0.25, 0.3) is 16.7 Å². The van der Waals surface area contributed by atoms with Crippen molar-refractivity contribution in [3.05, 3.63) is 61.5 Å². The van der Waals surface area contributed by atoms with Crippen LogP contribution in [0.3, 0.4) is 0 Å². The Morgan fingerprint density at radius 3 is 2.73 bits per heavy atom. The van der Waals surface area contributed by atoms with Crippen molar-refractivity contribution < 1.29 is 4.42 Å². The molecule has 1 aromatic carbocycles. The van der Waals surface area contributed by atoms with Gasteiger partial charge in [0.15, 0.2) is 5.58 Å². The number of hydrogen-bond acceptors (Lipinski definition) is 2. The number of aromatic nitrogens is 1. The number of para-hydroxylation sites is 2. The molecular formula is C13H11NO. The predicted octanol–water partition coefficient (Wildman–Crippen LogP) is 3.58. The minimum absolute atomic E-state index is 0.575. The van der Waals surface area contributed by atoms with E-state index in [0.29, 0.717) is 5.89 Å². The summed E-state index contributed by atoms with van der Waals surface area (Å²) in [5, 5.41) is 0. The molecule has 0 atom stereocenters. The topological polar surface area (TPSA) is 26.0 Å². The van der Waals surface area contributed by atoms with Gasteiger partial charge in [-0.1, -0.05) is 43.5 Å². The first-order chi connectivity index (χ1) is 7.35. The second kappa shape index (κ2) is 3.96. The zero-order chi connectivity index (χ0) is 10.7. The van der Waals surface area contributed by atoms with E-state index in [1.165, 1.54) is 0 Å². The molecule has 0 saturated heterocycles. The molecule has 0 aliphatic heterocycles. The highest BCUT2D eigenvalue weighted by atomic mass is 16.3. The maximum Gasteiger partial charge on any atom is 0.227 e. The highest BCUT2D eigenvalue weighted by Crippen LogP contribution is 2.21. The molecule has 2 heteroatoms. The van der Waals surface area contributed by atoms with E-state index in [2.05, 4.69) is 18.1 Å². The standard InChI is InChI=1S/C13H11NO/c1-3-7-10(4-2)13-14-11-8-5-6-9-12(11)15-13/h3-9H,1-2H2/b10-7+. The van der Waals surface area contributed by atoms with Crippen molar-refractivity contribution in [2.24, 2.45) is 0 Å². The summed E-state index contributed by atoms with van der Waals surface area (Å²) in [6, 6.07) is 7.65. The molecule has 74 valence electrons. The summed E-state index contributed by atoms with van der Waals surface area (Å²) in [5.41, 5.74) is 2.47. The lowest BCUT2D eigenvalue weighted by Crippen LogP contribution is -1.78. The molecule has 0 aliphatic carbocycles. The van der Waals surface area contributed by atoms with Gasteiger partial charge in [0.05, 0.1) is 0 Å². The van der Waals surface area contributed by atoms with Crippen LogP contribution in [-0.2, 0) is 0 Å². The van der Waals surface area contributed by atoms with E-state index in [9.17, 15) is 0 Å². The van der Waals surface area contributed by atoms with Gasteiger partial charge in [0.25, 0.3) is 0 Å². The largest absolute Gasteiger partial charge is 0.436 e. The predicted molar refractivity (Wildman–Crippen MR) is 62.4 cm³/mol. The first-order valence-electron chi connectivity index (χ1n) is 4.66. The summed E-state index contributed by atoms with van der Waals surface area (Å²) in [7, 11) is 0. The van der Waals surface area contributed by atoms with Gasteiger partial charge in [-0.25, -0.2) is 4.98 Å². The third kappa shape index (κ3) is 1.74. The van der Waals surface area contributed by atoms with Crippen molar-refractivity contribution in [1.82, 2.24) is 4.98 Å². The van der Waals surface area contributed by atoms with E-state index >= 15 is 0 Å². The normalized spacial score (nSPS) is 11.6. The molecule has 0 aliphatic rings. The second-order valence-corrected chi connectivity index (χ2v) is 3.05. The first-order valence-corrected chi connectivity index (χ1v) is 4.66. The Morgan fingerprint density at radius 2 is 2.07 bits per heavy atom. The lowest BCUT2D eigenvalue weighted by molar-refractivity contribution is 0.586. The smallest absolute Gasteiger partial charge is 0.227 e. The Morgan fingerprint density at radius 1 is 1.27 bits per heavy atom. The molecule has 2 nitrogen and oxygen atoms in total. The fraction of sp³-hybridized carbons (Fsp3) is 0. The third-order valence-electron chi connectivity index (χ3n) is 2.06. The van der Waals surface area contributed by atoms with Gasteiger partial charge in [-0.3, -0.25) is 0 Å². The van der Waals surface area contributed by atoms with Crippen LogP contribution < -0.4 is 0 Å². The quantitative estimate of drug-likeness (QED) is 0.703. The molecule has 1 heterocycles. The Labute approximate surface area is 88.2 Å². The number of fused-ring (bicyclic) bond motifs is 1. The van der Waals surface area contributed by atoms with E-state index in [0.717, 1.165) is 16.7 Å². The van der Waals surface area contributed by atoms with Gasteiger partial charge < -0.3 is 4.42 Å². The maximum absolute atomic E-state index is 5.58. The third-order valence-corrected chi connectivity index (χ3v) is 2.06. The highest BCUT2D eigenvalue weighted by Gasteiger charge is 2.06. The van der Waals surface area contributed by atoms with Crippen molar-refractivity contribution in [3.63, 3.8) is 0 Å². The zero-order valence-electron chi connectivity index (χ0n) is 8.31. The molecule has 15 heavy (non-hydrogen) atoms. The molecule has 0 fully saturated rings.